The van der Waals surface area contributed by atoms with Crippen molar-refractivity contribution in [3.63, 3.8) is 0 Å². The summed E-state index contributed by atoms with van der Waals surface area (Å²) in [6, 6.07) is 4.85. The van der Waals surface area contributed by atoms with Gasteiger partial charge in [0, 0.05) is 0 Å². The van der Waals surface area contributed by atoms with Crippen molar-refractivity contribution < 1.29 is 19.4 Å². The maximum Gasteiger partial charge on any atom is 0.411 e. The Morgan fingerprint density at radius 1 is 1.50 bits per heavy atom. The van der Waals surface area contributed by atoms with Crippen LogP contribution < -0.4 is 5.32 Å². The normalized spacial score (nSPS) is 9.61. The van der Waals surface area contributed by atoms with Crippen molar-refractivity contribution >= 4 is 17.7 Å². The van der Waals surface area contributed by atoms with Crippen molar-refractivity contribution in [2.45, 2.75) is 13.3 Å². The molecule has 1 aromatic carbocycles. The van der Waals surface area contributed by atoms with Gasteiger partial charge in [0.2, 0.25) is 0 Å². The second kappa shape index (κ2) is 6.44. The van der Waals surface area contributed by atoms with Gasteiger partial charge in [0.05, 0.1) is 11.3 Å². The Bertz CT molecular complexity index is 468. The van der Waals surface area contributed by atoms with Gasteiger partial charge < -0.3 is 9.84 Å². The number of carboxylic acids is 1. The zero-order valence-corrected chi connectivity index (χ0v) is 10.1. The molecule has 0 fully saturated rings. The Kier molecular flexibility index (Phi) is 4.92. The van der Waals surface area contributed by atoms with E-state index in [1.165, 1.54) is 12.1 Å². The third kappa shape index (κ3) is 3.62. The molecule has 0 atom stereocenters. The maximum absolute atomic E-state index is 11.3. The first-order valence-electron chi connectivity index (χ1n) is 5.49. The van der Waals surface area contributed by atoms with Crippen LogP contribution in [0.2, 0.25) is 0 Å². The van der Waals surface area contributed by atoms with E-state index >= 15 is 0 Å². The highest BCUT2D eigenvalue weighted by Gasteiger charge is 2.13. The molecule has 1 aromatic rings. The van der Waals surface area contributed by atoms with E-state index in [4.69, 9.17) is 9.84 Å². The number of aromatic carboxylic acids is 1. The highest BCUT2D eigenvalue weighted by atomic mass is 16.5. The highest BCUT2D eigenvalue weighted by molar-refractivity contribution is 5.98. The molecule has 0 unspecified atom stereocenters. The molecule has 0 heterocycles. The van der Waals surface area contributed by atoms with Gasteiger partial charge in [-0.25, -0.2) is 9.59 Å². The van der Waals surface area contributed by atoms with E-state index in [1.807, 2.05) is 6.92 Å². The molecule has 0 aromatic heterocycles. The van der Waals surface area contributed by atoms with Crippen LogP contribution in [-0.4, -0.2) is 23.8 Å². The van der Waals surface area contributed by atoms with Gasteiger partial charge in [-0.05, 0) is 24.1 Å². The second-order valence-electron chi connectivity index (χ2n) is 3.55. The average Bonchev–Trinajstić information content (AvgIpc) is 2.36. The number of rotatable bonds is 5. The summed E-state index contributed by atoms with van der Waals surface area (Å²) in [6.45, 7) is 5.40. The smallest absolute Gasteiger partial charge is 0.411 e. The molecule has 0 spiro atoms. The Morgan fingerprint density at radius 3 is 2.78 bits per heavy atom. The summed E-state index contributed by atoms with van der Waals surface area (Å²) in [5.41, 5.74) is 1.15. The molecule has 1 amide bonds. The van der Waals surface area contributed by atoms with Crippen LogP contribution in [0, 0.1) is 0 Å². The highest BCUT2D eigenvalue weighted by Crippen LogP contribution is 2.18. The molecule has 0 aliphatic heterocycles. The fourth-order valence-corrected chi connectivity index (χ4v) is 1.38. The first-order valence-corrected chi connectivity index (χ1v) is 5.49. The van der Waals surface area contributed by atoms with E-state index in [1.54, 1.807) is 12.1 Å². The molecule has 1 rings (SSSR count). The molecule has 18 heavy (non-hydrogen) atoms. The number of anilines is 1. The lowest BCUT2D eigenvalue weighted by atomic mass is 10.1. The molecular weight excluding hydrogens is 234 g/mol. The largest absolute Gasteiger partial charge is 0.478 e. The van der Waals surface area contributed by atoms with Crippen LogP contribution in [0.25, 0.3) is 0 Å². The quantitative estimate of drug-likeness (QED) is 0.786. The van der Waals surface area contributed by atoms with Crippen LogP contribution in [0.4, 0.5) is 10.5 Å². The van der Waals surface area contributed by atoms with Gasteiger partial charge in [0.1, 0.15) is 6.61 Å². The van der Waals surface area contributed by atoms with Crippen LogP contribution in [0.15, 0.2) is 30.9 Å². The fraction of sp³-hybridized carbons (Fsp3) is 0.231. The van der Waals surface area contributed by atoms with Crippen molar-refractivity contribution in [1.82, 2.24) is 0 Å². The summed E-state index contributed by atoms with van der Waals surface area (Å²) >= 11 is 0. The van der Waals surface area contributed by atoms with E-state index in [9.17, 15) is 9.59 Å². The van der Waals surface area contributed by atoms with E-state index in [2.05, 4.69) is 11.9 Å². The number of aryl methyl sites for hydroxylation is 1. The number of carboxylic acid groups (broad SMARTS) is 1. The minimum absolute atomic E-state index is 0.0462. The lowest BCUT2D eigenvalue weighted by Crippen LogP contribution is -2.16. The fourth-order valence-electron chi connectivity index (χ4n) is 1.38. The van der Waals surface area contributed by atoms with E-state index in [0.29, 0.717) is 0 Å². The lowest BCUT2D eigenvalue weighted by Gasteiger charge is -2.09. The minimum Gasteiger partial charge on any atom is -0.478 e. The number of hydrogen-bond acceptors (Lipinski definition) is 3. The summed E-state index contributed by atoms with van der Waals surface area (Å²) in [5, 5.41) is 11.5. The van der Waals surface area contributed by atoms with Gasteiger partial charge in [-0.3, -0.25) is 5.32 Å². The van der Waals surface area contributed by atoms with Crippen molar-refractivity contribution in [3.8, 4) is 0 Å². The summed E-state index contributed by atoms with van der Waals surface area (Å²) in [5.74, 6) is -1.09. The molecule has 0 bridgehead atoms. The van der Waals surface area contributed by atoms with Gasteiger partial charge in [0.25, 0.3) is 0 Å². The molecule has 0 saturated carbocycles. The predicted molar refractivity (Wildman–Crippen MR) is 67.9 cm³/mol. The summed E-state index contributed by atoms with van der Waals surface area (Å²) in [4.78, 5) is 22.4. The number of carbonyl (C=O) groups is 2. The topological polar surface area (TPSA) is 75.6 Å². The monoisotopic (exact) mass is 249 g/mol. The SMILES string of the molecule is C=CCOC(=O)Nc1ccc(CC)cc1C(=O)O. The molecular formula is C13H15NO4. The second-order valence-corrected chi connectivity index (χ2v) is 3.55. The van der Waals surface area contributed by atoms with Crippen molar-refractivity contribution in [1.29, 1.82) is 0 Å². The van der Waals surface area contributed by atoms with Gasteiger partial charge in [-0.2, -0.15) is 0 Å². The van der Waals surface area contributed by atoms with Crippen molar-refractivity contribution in [2.24, 2.45) is 0 Å². The number of benzene rings is 1. The number of nitrogens with one attached hydrogen (secondary N) is 1. The van der Waals surface area contributed by atoms with Crippen LogP contribution in [0.1, 0.15) is 22.8 Å². The van der Waals surface area contributed by atoms with Gasteiger partial charge in [-0.15, -0.1) is 0 Å². The third-order valence-electron chi connectivity index (χ3n) is 2.29. The Hall–Kier alpha value is -2.30. The third-order valence-corrected chi connectivity index (χ3v) is 2.29. The standard InChI is InChI=1S/C13H15NO4/c1-3-7-18-13(17)14-11-6-5-9(4-2)8-10(11)12(15)16/h3,5-6,8H,1,4,7H2,2H3,(H,14,17)(H,15,16). The Labute approximate surface area is 105 Å². The van der Waals surface area contributed by atoms with E-state index in [-0.39, 0.29) is 17.9 Å². The molecule has 96 valence electrons. The molecule has 2 N–H and O–H groups in total. The minimum atomic E-state index is -1.09. The number of hydrogen-bond donors (Lipinski definition) is 2. The van der Waals surface area contributed by atoms with Crippen molar-refractivity contribution in [3.05, 3.63) is 42.0 Å². The van der Waals surface area contributed by atoms with Crippen LogP contribution in [-0.2, 0) is 11.2 Å². The zero-order valence-electron chi connectivity index (χ0n) is 10.1. The first kappa shape index (κ1) is 13.8. The molecule has 0 saturated heterocycles. The predicted octanol–water partition coefficient (Wildman–Crippen LogP) is 2.68. The number of carbonyl (C=O) groups excluding carboxylic acids is 1. The van der Waals surface area contributed by atoms with Crippen LogP contribution >= 0.6 is 0 Å². The van der Waals surface area contributed by atoms with Gasteiger partial charge >= 0.3 is 12.1 Å². The Morgan fingerprint density at radius 2 is 2.22 bits per heavy atom. The van der Waals surface area contributed by atoms with Gasteiger partial charge in [-0.1, -0.05) is 25.6 Å². The average molecular weight is 249 g/mol. The lowest BCUT2D eigenvalue weighted by molar-refractivity contribution is 0.0698. The van der Waals surface area contributed by atoms with Crippen molar-refractivity contribution in [2.75, 3.05) is 11.9 Å². The van der Waals surface area contributed by atoms with E-state index in [0.717, 1.165) is 12.0 Å². The van der Waals surface area contributed by atoms with Crippen LogP contribution in [0.3, 0.4) is 0 Å². The zero-order chi connectivity index (χ0) is 13.5. The maximum atomic E-state index is 11.3. The number of amides is 1. The molecule has 0 aliphatic carbocycles. The van der Waals surface area contributed by atoms with Crippen LogP contribution in [0.5, 0.6) is 0 Å². The first-order chi connectivity index (χ1) is 8.58. The Balaban J connectivity index is 2.90. The summed E-state index contributed by atoms with van der Waals surface area (Å²) in [7, 11) is 0. The number of ether oxygens (including phenoxy) is 1. The molecule has 5 heteroatoms. The molecule has 0 radical (unpaired) electrons. The molecule has 0 aliphatic rings. The molecule has 5 nitrogen and oxygen atoms in total. The van der Waals surface area contributed by atoms with Gasteiger partial charge in [0.15, 0.2) is 0 Å². The van der Waals surface area contributed by atoms with E-state index < -0.39 is 12.1 Å². The summed E-state index contributed by atoms with van der Waals surface area (Å²) < 4.78 is 4.73. The summed E-state index contributed by atoms with van der Waals surface area (Å²) in [6.07, 6.45) is 1.45.